The van der Waals surface area contributed by atoms with Gasteiger partial charge in [0.1, 0.15) is 0 Å². The molecule has 0 fully saturated rings. The average molecular weight is 177 g/mol. The quantitative estimate of drug-likeness (QED) is 0.473. The molecule has 0 unspecified atom stereocenters. The molecule has 1 heterocycles. The summed E-state index contributed by atoms with van der Waals surface area (Å²) in [5, 5.41) is 0. The monoisotopic (exact) mass is 177 g/mol. The van der Waals surface area contributed by atoms with Crippen LogP contribution < -0.4 is 4.91 Å². The van der Waals surface area contributed by atoms with Crippen LogP contribution in [0.3, 0.4) is 0 Å². The van der Waals surface area contributed by atoms with Crippen molar-refractivity contribution in [1.82, 2.24) is 4.98 Å². The van der Waals surface area contributed by atoms with Gasteiger partial charge in [0, 0.05) is 9.80 Å². The van der Waals surface area contributed by atoms with Crippen molar-refractivity contribution in [2.24, 2.45) is 0 Å². The molecule has 1 aromatic carbocycles. The molecule has 11 heavy (non-hydrogen) atoms. The van der Waals surface area contributed by atoms with Crippen molar-refractivity contribution in [2.45, 2.75) is 4.90 Å². The van der Waals surface area contributed by atoms with Crippen molar-refractivity contribution < 1.29 is 0 Å². The molecular weight excluding hydrogens is 173 g/mol. The van der Waals surface area contributed by atoms with Gasteiger partial charge in [-0.2, -0.15) is 0 Å². The van der Waals surface area contributed by atoms with Gasteiger partial charge in [-0.15, -0.1) is 24.0 Å². The van der Waals surface area contributed by atoms with Gasteiger partial charge in [0.2, 0.25) is 0 Å². The van der Waals surface area contributed by atoms with Crippen LogP contribution in [0.5, 0.6) is 0 Å². The second-order valence-electron chi connectivity index (χ2n) is 2.20. The summed E-state index contributed by atoms with van der Waals surface area (Å²) in [5.74, 6) is 0. The van der Waals surface area contributed by atoms with E-state index in [1.165, 1.54) is 11.3 Å². The highest BCUT2D eigenvalue weighted by molar-refractivity contribution is 7.80. The van der Waals surface area contributed by atoms with Crippen molar-refractivity contribution in [3.63, 3.8) is 0 Å². The van der Waals surface area contributed by atoms with E-state index < -0.39 is 0 Å². The maximum absolute atomic E-state index is 5.52. The molecule has 0 aliphatic rings. The van der Waals surface area contributed by atoms with Gasteiger partial charge < -0.3 is 0 Å². The molecule has 0 saturated carbocycles. The van der Waals surface area contributed by atoms with Gasteiger partial charge in [-0.05, 0) is 18.2 Å². The number of hydrogen-bond donors (Lipinski definition) is 1. The van der Waals surface area contributed by atoms with Crippen LogP contribution in [0.25, 0.3) is 10.2 Å². The SMILES string of the molecule is [B]c1nc2ccc(S)cc2s1. The number of fused-ring (bicyclic) bond motifs is 1. The van der Waals surface area contributed by atoms with Crippen LogP contribution in [0.4, 0.5) is 0 Å². The second-order valence-corrected chi connectivity index (χ2v) is 3.78. The van der Waals surface area contributed by atoms with Crippen molar-refractivity contribution in [3.8, 4) is 0 Å². The molecule has 2 aromatic rings. The van der Waals surface area contributed by atoms with Gasteiger partial charge in [0.15, 0.2) is 7.85 Å². The molecule has 0 N–H and O–H groups in total. The van der Waals surface area contributed by atoms with Gasteiger partial charge in [-0.3, -0.25) is 4.98 Å². The summed E-state index contributed by atoms with van der Waals surface area (Å²) in [7, 11) is 5.52. The lowest BCUT2D eigenvalue weighted by Gasteiger charge is -1.87. The largest absolute Gasteiger partial charge is 0.253 e. The number of nitrogens with zero attached hydrogens (tertiary/aromatic N) is 1. The summed E-state index contributed by atoms with van der Waals surface area (Å²) in [6.45, 7) is 0. The van der Waals surface area contributed by atoms with Gasteiger partial charge in [0.25, 0.3) is 0 Å². The molecule has 0 saturated heterocycles. The minimum absolute atomic E-state index is 0.610. The second kappa shape index (κ2) is 2.53. The minimum Gasteiger partial charge on any atom is -0.253 e. The lowest BCUT2D eigenvalue weighted by atomic mass is 10.2. The van der Waals surface area contributed by atoms with E-state index in [-0.39, 0.29) is 0 Å². The Bertz CT molecular complexity index is 396. The molecule has 52 valence electrons. The van der Waals surface area contributed by atoms with Crippen molar-refractivity contribution in [2.75, 3.05) is 0 Å². The van der Waals surface area contributed by atoms with E-state index in [2.05, 4.69) is 17.6 Å². The Hall–Kier alpha value is -0.475. The molecule has 0 atom stereocenters. The fourth-order valence-corrected chi connectivity index (χ4v) is 2.00. The van der Waals surface area contributed by atoms with Crippen LogP contribution in [0.15, 0.2) is 23.1 Å². The standard InChI is InChI=1S/C7H4BNS2/c8-7-9-5-2-1-4(10)3-6(5)11-7/h1-3,10H. The number of aromatic nitrogens is 1. The summed E-state index contributed by atoms with van der Waals surface area (Å²) in [4.78, 5) is 5.67. The third-order valence-electron chi connectivity index (χ3n) is 1.39. The first kappa shape index (κ1) is 7.19. The van der Waals surface area contributed by atoms with E-state index in [1.54, 1.807) is 0 Å². The Morgan fingerprint density at radius 2 is 2.27 bits per heavy atom. The van der Waals surface area contributed by atoms with Crippen LogP contribution in [-0.4, -0.2) is 12.8 Å². The molecule has 1 nitrogen and oxygen atoms in total. The molecule has 0 aliphatic heterocycles. The van der Waals surface area contributed by atoms with E-state index >= 15 is 0 Å². The molecule has 0 bridgehead atoms. The zero-order valence-electron chi connectivity index (χ0n) is 5.61. The maximum Gasteiger partial charge on any atom is 0.157 e. The van der Waals surface area contributed by atoms with Crippen LogP contribution in [0, 0.1) is 0 Å². The Balaban J connectivity index is 2.82. The van der Waals surface area contributed by atoms with Crippen LogP contribution in [-0.2, 0) is 0 Å². The lowest BCUT2D eigenvalue weighted by molar-refractivity contribution is 1.49. The lowest BCUT2D eigenvalue weighted by Crippen LogP contribution is -1.96. The van der Waals surface area contributed by atoms with E-state index in [1.807, 2.05) is 18.2 Å². The highest BCUT2D eigenvalue weighted by atomic mass is 32.1. The first-order valence-electron chi connectivity index (χ1n) is 3.11. The van der Waals surface area contributed by atoms with Gasteiger partial charge in [-0.1, -0.05) is 0 Å². The van der Waals surface area contributed by atoms with E-state index in [4.69, 9.17) is 7.85 Å². The molecule has 1 aromatic heterocycles. The normalized spacial score (nSPS) is 10.6. The van der Waals surface area contributed by atoms with E-state index in [0.717, 1.165) is 15.1 Å². The third kappa shape index (κ3) is 1.28. The van der Waals surface area contributed by atoms with Crippen LogP contribution in [0.1, 0.15) is 0 Å². The zero-order valence-corrected chi connectivity index (χ0v) is 7.32. The molecule has 0 amide bonds. The number of thiazole rings is 1. The Labute approximate surface area is 75.3 Å². The molecule has 0 spiro atoms. The Kier molecular flexibility index (Phi) is 1.66. The van der Waals surface area contributed by atoms with Gasteiger partial charge in [-0.25, -0.2) is 0 Å². The van der Waals surface area contributed by atoms with Crippen molar-refractivity contribution >= 4 is 46.9 Å². The van der Waals surface area contributed by atoms with Crippen molar-refractivity contribution in [1.29, 1.82) is 0 Å². The van der Waals surface area contributed by atoms with Gasteiger partial charge >= 0.3 is 0 Å². The smallest absolute Gasteiger partial charge is 0.157 e. The molecular formula is C7H4BNS2. The Morgan fingerprint density at radius 3 is 3.09 bits per heavy atom. The zero-order chi connectivity index (χ0) is 7.84. The first-order chi connectivity index (χ1) is 5.25. The molecule has 4 heteroatoms. The molecule has 2 radical (unpaired) electrons. The first-order valence-corrected chi connectivity index (χ1v) is 4.37. The van der Waals surface area contributed by atoms with E-state index in [0.29, 0.717) is 4.91 Å². The summed E-state index contributed by atoms with van der Waals surface area (Å²) in [5.41, 5.74) is 0.949. The maximum atomic E-state index is 5.52. The summed E-state index contributed by atoms with van der Waals surface area (Å²) >= 11 is 5.69. The predicted octanol–water partition coefficient (Wildman–Crippen LogP) is 1.38. The number of thiol groups is 1. The number of hydrogen-bond acceptors (Lipinski definition) is 3. The predicted molar refractivity (Wildman–Crippen MR) is 52.3 cm³/mol. The fraction of sp³-hybridized carbons (Fsp3) is 0. The summed E-state index contributed by atoms with van der Waals surface area (Å²) < 4.78 is 1.09. The minimum atomic E-state index is 0.610. The third-order valence-corrected chi connectivity index (χ3v) is 2.51. The highest BCUT2D eigenvalue weighted by Gasteiger charge is 1.98. The molecule has 0 aliphatic carbocycles. The van der Waals surface area contributed by atoms with Crippen molar-refractivity contribution in [3.05, 3.63) is 18.2 Å². The van der Waals surface area contributed by atoms with Gasteiger partial charge in [0.05, 0.1) is 10.2 Å². The number of rotatable bonds is 0. The summed E-state index contributed by atoms with van der Waals surface area (Å²) in [6, 6.07) is 5.79. The van der Waals surface area contributed by atoms with Crippen LogP contribution >= 0.6 is 24.0 Å². The summed E-state index contributed by atoms with van der Waals surface area (Å²) in [6.07, 6.45) is 0. The van der Waals surface area contributed by atoms with Crippen LogP contribution in [0.2, 0.25) is 0 Å². The van der Waals surface area contributed by atoms with E-state index in [9.17, 15) is 0 Å². The number of benzene rings is 1. The topological polar surface area (TPSA) is 12.9 Å². The molecule has 2 rings (SSSR count). The average Bonchev–Trinajstić information content (AvgIpc) is 2.27. The fourth-order valence-electron chi connectivity index (χ4n) is 0.931. The highest BCUT2D eigenvalue weighted by Crippen LogP contribution is 2.18. The Morgan fingerprint density at radius 1 is 1.45 bits per heavy atom.